The normalized spacial score (nSPS) is 16.4. The van der Waals surface area contributed by atoms with E-state index in [4.69, 9.17) is 9.47 Å². The molecular formula is C28H37N3O3. The van der Waals surface area contributed by atoms with Gasteiger partial charge in [-0.2, -0.15) is 0 Å². The van der Waals surface area contributed by atoms with Gasteiger partial charge in [0.15, 0.2) is 0 Å². The van der Waals surface area contributed by atoms with Gasteiger partial charge in [-0.05, 0) is 81.0 Å². The van der Waals surface area contributed by atoms with Crippen molar-refractivity contribution in [1.29, 1.82) is 0 Å². The number of carbonyl (C=O) groups is 1. The standard InChI is InChI=1S/C28H37N3O3/c1-28(2,3)34-27(32)31-14-7-12-25(31)20-33-19-22-16-21(17-29-18-22)8-5-9-23-10-6-11-24-13-15-30(4)26(23)24/h6,10-11,13,15-18,25H,5,7-9,12,14,19-20H2,1-4H3. The second kappa shape index (κ2) is 10.6. The fourth-order valence-electron chi connectivity index (χ4n) is 4.77. The lowest BCUT2D eigenvalue weighted by molar-refractivity contribution is 0.00880. The van der Waals surface area contributed by atoms with Crippen molar-refractivity contribution in [3.05, 3.63) is 65.6 Å². The maximum Gasteiger partial charge on any atom is 0.410 e. The van der Waals surface area contributed by atoms with Crippen LogP contribution < -0.4 is 0 Å². The van der Waals surface area contributed by atoms with Crippen molar-refractivity contribution in [3.63, 3.8) is 0 Å². The first-order valence-electron chi connectivity index (χ1n) is 12.3. The van der Waals surface area contributed by atoms with E-state index in [1.807, 2.05) is 38.1 Å². The molecular weight excluding hydrogens is 426 g/mol. The van der Waals surface area contributed by atoms with Crippen molar-refractivity contribution in [2.75, 3.05) is 13.2 Å². The number of amides is 1. The number of ether oxygens (including phenoxy) is 2. The van der Waals surface area contributed by atoms with Crippen LogP contribution in [0, 0.1) is 0 Å². The third kappa shape index (κ3) is 6.17. The van der Waals surface area contributed by atoms with Crippen molar-refractivity contribution < 1.29 is 14.3 Å². The lowest BCUT2D eigenvalue weighted by Crippen LogP contribution is -2.41. The highest BCUT2D eigenvalue weighted by Gasteiger charge is 2.32. The van der Waals surface area contributed by atoms with Gasteiger partial charge in [0.2, 0.25) is 0 Å². The smallest absolute Gasteiger partial charge is 0.410 e. The highest BCUT2D eigenvalue weighted by molar-refractivity contribution is 5.83. The monoisotopic (exact) mass is 463 g/mol. The Kier molecular flexibility index (Phi) is 7.57. The summed E-state index contributed by atoms with van der Waals surface area (Å²) >= 11 is 0. The molecule has 6 heteroatoms. The topological polar surface area (TPSA) is 56.6 Å². The molecule has 34 heavy (non-hydrogen) atoms. The Bertz CT molecular complexity index is 1120. The molecule has 6 nitrogen and oxygen atoms in total. The Morgan fingerprint density at radius 3 is 2.79 bits per heavy atom. The summed E-state index contributed by atoms with van der Waals surface area (Å²) in [6.07, 6.45) is 10.7. The summed E-state index contributed by atoms with van der Waals surface area (Å²) in [6.45, 7) is 7.44. The number of likely N-dealkylation sites (tertiary alicyclic amines) is 1. The lowest BCUT2D eigenvalue weighted by atomic mass is 10.0. The number of hydrogen-bond acceptors (Lipinski definition) is 4. The molecule has 4 rings (SSSR count). The summed E-state index contributed by atoms with van der Waals surface area (Å²) in [7, 11) is 2.11. The van der Waals surface area contributed by atoms with Gasteiger partial charge in [0.05, 0.1) is 24.8 Å². The molecule has 0 bridgehead atoms. The molecule has 1 unspecified atom stereocenters. The largest absolute Gasteiger partial charge is 0.444 e. The molecule has 1 saturated heterocycles. The first-order chi connectivity index (χ1) is 16.3. The van der Waals surface area contributed by atoms with E-state index in [0.29, 0.717) is 13.2 Å². The maximum absolute atomic E-state index is 12.5. The van der Waals surface area contributed by atoms with E-state index in [9.17, 15) is 4.79 Å². The molecule has 0 saturated carbocycles. The number of carbonyl (C=O) groups excluding carboxylic acids is 1. The summed E-state index contributed by atoms with van der Waals surface area (Å²) in [5.74, 6) is 0. The van der Waals surface area contributed by atoms with Crippen LogP contribution >= 0.6 is 0 Å². The van der Waals surface area contributed by atoms with Gasteiger partial charge in [-0.1, -0.05) is 24.3 Å². The molecule has 182 valence electrons. The van der Waals surface area contributed by atoms with Crippen LogP contribution in [-0.4, -0.2) is 45.3 Å². The number of aromatic nitrogens is 2. The number of para-hydroxylation sites is 1. The molecule has 1 amide bonds. The van der Waals surface area contributed by atoms with Gasteiger partial charge < -0.3 is 18.9 Å². The Hall–Kier alpha value is -2.86. The number of pyridine rings is 1. The molecule has 1 aliphatic heterocycles. The zero-order valence-corrected chi connectivity index (χ0v) is 20.9. The number of fused-ring (bicyclic) bond motifs is 1. The van der Waals surface area contributed by atoms with E-state index in [-0.39, 0.29) is 12.1 Å². The van der Waals surface area contributed by atoms with Gasteiger partial charge in [0, 0.05) is 32.2 Å². The van der Waals surface area contributed by atoms with E-state index < -0.39 is 5.60 Å². The highest BCUT2D eigenvalue weighted by Crippen LogP contribution is 2.23. The van der Waals surface area contributed by atoms with Crippen LogP contribution in [0.3, 0.4) is 0 Å². The second-order valence-corrected chi connectivity index (χ2v) is 10.3. The van der Waals surface area contributed by atoms with E-state index in [1.54, 1.807) is 0 Å². The number of rotatable bonds is 8. The summed E-state index contributed by atoms with van der Waals surface area (Å²) in [4.78, 5) is 18.7. The second-order valence-electron chi connectivity index (χ2n) is 10.3. The van der Waals surface area contributed by atoms with Crippen LogP contribution in [0.5, 0.6) is 0 Å². The molecule has 0 spiro atoms. The van der Waals surface area contributed by atoms with Gasteiger partial charge in [-0.3, -0.25) is 4.98 Å². The highest BCUT2D eigenvalue weighted by atomic mass is 16.6. The molecule has 1 fully saturated rings. The van der Waals surface area contributed by atoms with Gasteiger partial charge in [-0.15, -0.1) is 0 Å². The zero-order valence-electron chi connectivity index (χ0n) is 20.9. The first-order valence-corrected chi connectivity index (χ1v) is 12.3. The molecule has 0 N–H and O–H groups in total. The molecule has 2 aromatic heterocycles. The molecule has 1 aliphatic rings. The SMILES string of the molecule is Cn1ccc2cccc(CCCc3cncc(COCC4CCCN4C(=O)OC(C)(C)C)c3)c21. The number of benzene rings is 1. The average molecular weight is 464 g/mol. The Labute approximate surface area is 202 Å². The van der Waals surface area contributed by atoms with E-state index >= 15 is 0 Å². The summed E-state index contributed by atoms with van der Waals surface area (Å²) < 4.78 is 13.8. The minimum atomic E-state index is -0.482. The van der Waals surface area contributed by atoms with Crippen LogP contribution in [0.4, 0.5) is 4.79 Å². The minimum absolute atomic E-state index is 0.0752. The first kappa shape index (κ1) is 24.3. The number of aryl methyl sites for hydroxylation is 3. The molecule has 0 radical (unpaired) electrons. The van der Waals surface area contributed by atoms with Crippen molar-refractivity contribution in [1.82, 2.24) is 14.5 Å². The summed E-state index contributed by atoms with van der Waals surface area (Å²) in [6, 6.07) is 11.0. The van der Waals surface area contributed by atoms with Crippen molar-refractivity contribution in [3.8, 4) is 0 Å². The maximum atomic E-state index is 12.5. The van der Waals surface area contributed by atoms with Crippen molar-refractivity contribution in [2.24, 2.45) is 7.05 Å². The predicted molar refractivity (Wildman–Crippen MR) is 135 cm³/mol. The molecule has 3 aromatic rings. The van der Waals surface area contributed by atoms with Gasteiger partial charge in [0.25, 0.3) is 0 Å². The van der Waals surface area contributed by atoms with Crippen LogP contribution in [0.1, 0.15) is 56.7 Å². The molecule has 1 atom stereocenters. The van der Waals surface area contributed by atoms with Crippen LogP contribution in [0.2, 0.25) is 0 Å². The minimum Gasteiger partial charge on any atom is -0.444 e. The van der Waals surface area contributed by atoms with Gasteiger partial charge in [-0.25, -0.2) is 4.79 Å². The fraction of sp³-hybridized carbons (Fsp3) is 0.500. The van der Waals surface area contributed by atoms with Crippen LogP contribution in [0.25, 0.3) is 10.9 Å². The van der Waals surface area contributed by atoms with E-state index in [2.05, 4.69) is 53.1 Å². The van der Waals surface area contributed by atoms with Crippen molar-refractivity contribution in [2.45, 2.75) is 71.1 Å². The Morgan fingerprint density at radius 1 is 1.15 bits per heavy atom. The Balaban J connectivity index is 1.26. The van der Waals surface area contributed by atoms with Gasteiger partial charge in [0.1, 0.15) is 5.60 Å². The zero-order chi connectivity index (χ0) is 24.1. The van der Waals surface area contributed by atoms with Crippen LogP contribution in [-0.2, 0) is 36.0 Å². The third-order valence-corrected chi connectivity index (χ3v) is 6.33. The van der Waals surface area contributed by atoms with Crippen LogP contribution in [0.15, 0.2) is 48.9 Å². The quantitative estimate of drug-likeness (QED) is 0.432. The summed E-state index contributed by atoms with van der Waals surface area (Å²) in [5, 5.41) is 1.30. The fourth-order valence-corrected chi connectivity index (χ4v) is 4.77. The molecule has 3 heterocycles. The summed E-state index contributed by atoms with van der Waals surface area (Å²) in [5.41, 5.74) is 4.55. The predicted octanol–water partition coefficient (Wildman–Crippen LogP) is 5.66. The lowest BCUT2D eigenvalue weighted by Gasteiger charge is -2.28. The molecule has 1 aromatic carbocycles. The number of nitrogens with zero attached hydrogens (tertiary/aromatic N) is 3. The van der Waals surface area contributed by atoms with E-state index in [1.165, 1.54) is 22.0 Å². The average Bonchev–Trinajstić information content (AvgIpc) is 3.40. The Morgan fingerprint density at radius 2 is 1.97 bits per heavy atom. The molecule has 0 aliphatic carbocycles. The third-order valence-electron chi connectivity index (χ3n) is 6.33. The van der Waals surface area contributed by atoms with Gasteiger partial charge >= 0.3 is 6.09 Å². The number of hydrogen-bond donors (Lipinski definition) is 0. The van der Waals surface area contributed by atoms with Crippen molar-refractivity contribution >= 4 is 17.0 Å². The van der Waals surface area contributed by atoms with E-state index in [0.717, 1.165) is 44.2 Å².